The van der Waals surface area contributed by atoms with Gasteiger partial charge in [0.15, 0.2) is 0 Å². The Kier molecular flexibility index (Phi) is 3.77. The van der Waals surface area contributed by atoms with Gasteiger partial charge in [-0.05, 0) is 43.4 Å². The lowest BCUT2D eigenvalue weighted by atomic mass is 10.1. The number of hydrogen-bond donors (Lipinski definition) is 3. The number of nitrogens with zero attached hydrogens (tertiary/aromatic N) is 2. The number of benzene rings is 1. The Morgan fingerprint density at radius 2 is 2.20 bits per heavy atom. The summed E-state index contributed by atoms with van der Waals surface area (Å²) in [6, 6.07) is 7.86. The minimum atomic E-state index is -0.432. The molecule has 0 radical (unpaired) electrons. The Morgan fingerprint density at radius 3 is 3.00 bits per heavy atom. The van der Waals surface area contributed by atoms with Crippen LogP contribution in [0.25, 0.3) is 10.9 Å². The summed E-state index contributed by atoms with van der Waals surface area (Å²) in [6.45, 7) is 2.63. The van der Waals surface area contributed by atoms with E-state index >= 15 is 0 Å². The van der Waals surface area contributed by atoms with Crippen LogP contribution in [0.2, 0.25) is 0 Å². The summed E-state index contributed by atoms with van der Waals surface area (Å²) >= 11 is 0. The van der Waals surface area contributed by atoms with Crippen LogP contribution >= 0.6 is 0 Å². The lowest BCUT2D eigenvalue weighted by Crippen LogP contribution is -2.29. The molecular formula is C19H21N5O. The van der Waals surface area contributed by atoms with Gasteiger partial charge < -0.3 is 16.0 Å². The highest BCUT2D eigenvalue weighted by Gasteiger charge is 2.43. The van der Waals surface area contributed by atoms with Crippen molar-refractivity contribution in [1.29, 1.82) is 0 Å². The number of para-hydroxylation sites is 1. The van der Waals surface area contributed by atoms with E-state index in [0.717, 1.165) is 24.8 Å². The number of fused-ring (bicyclic) bond motifs is 1. The summed E-state index contributed by atoms with van der Waals surface area (Å²) in [5, 5.41) is 4.14. The zero-order valence-corrected chi connectivity index (χ0v) is 14.2. The van der Waals surface area contributed by atoms with Crippen LogP contribution < -0.4 is 11.1 Å². The van der Waals surface area contributed by atoms with Crippen molar-refractivity contribution in [1.82, 2.24) is 20.3 Å². The number of aromatic amines is 1. The summed E-state index contributed by atoms with van der Waals surface area (Å²) in [5.41, 5.74) is 9.62. The quantitative estimate of drug-likeness (QED) is 0.666. The molecule has 4 rings (SSSR count). The van der Waals surface area contributed by atoms with E-state index in [0.29, 0.717) is 18.1 Å². The lowest BCUT2D eigenvalue weighted by molar-refractivity contribution is 0.0948. The predicted molar refractivity (Wildman–Crippen MR) is 96.2 cm³/mol. The SMILES string of the molecule is Cc1cccc2c(CCNC(=O)c3ccnc(C4(N)CC4)n3)c[nH]c12. The average Bonchev–Trinajstić information content (AvgIpc) is 3.24. The fourth-order valence-corrected chi connectivity index (χ4v) is 3.06. The second-order valence-corrected chi connectivity index (χ2v) is 6.74. The van der Waals surface area contributed by atoms with Crippen LogP contribution in [-0.4, -0.2) is 27.4 Å². The number of rotatable bonds is 5. The number of carbonyl (C=O) groups is 1. The van der Waals surface area contributed by atoms with Crippen molar-refractivity contribution in [3.63, 3.8) is 0 Å². The van der Waals surface area contributed by atoms with Gasteiger partial charge in [-0.25, -0.2) is 9.97 Å². The fourth-order valence-electron chi connectivity index (χ4n) is 3.06. The van der Waals surface area contributed by atoms with E-state index in [1.165, 1.54) is 16.5 Å². The van der Waals surface area contributed by atoms with Gasteiger partial charge in [0.1, 0.15) is 11.5 Å². The molecule has 1 aromatic carbocycles. The normalized spacial score (nSPS) is 15.3. The average molecular weight is 335 g/mol. The molecule has 2 heterocycles. The van der Waals surface area contributed by atoms with Gasteiger partial charge in [0, 0.05) is 29.8 Å². The number of nitrogens with one attached hydrogen (secondary N) is 2. The maximum absolute atomic E-state index is 12.3. The van der Waals surface area contributed by atoms with Crippen LogP contribution in [0.4, 0.5) is 0 Å². The summed E-state index contributed by atoms with van der Waals surface area (Å²) in [7, 11) is 0. The second-order valence-electron chi connectivity index (χ2n) is 6.74. The maximum atomic E-state index is 12.3. The van der Waals surface area contributed by atoms with Crippen LogP contribution in [0, 0.1) is 6.92 Å². The van der Waals surface area contributed by atoms with Crippen molar-refractivity contribution >= 4 is 16.8 Å². The molecule has 128 valence electrons. The summed E-state index contributed by atoms with van der Waals surface area (Å²) in [6.07, 6.45) is 6.12. The number of carbonyl (C=O) groups excluding carboxylic acids is 1. The Labute approximate surface area is 145 Å². The topological polar surface area (TPSA) is 96.7 Å². The Morgan fingerprint density at radius 1 is 1.36 bits per heavy atom. The monoisotopic (exact) mass is 335 g/mol. The van der Waals surface area contributed by atoms with Gasteiger partial charge in [-0.2, -0.15) is 0 Å². The molecule has 3 aromatic rings. The van der Waals surface area contributed by atoms with Gasteiger partial charge in [-0.1, -0.05) is 18.2 Å². The molecule has 1 fully saturated rings. The summed E-state index contributed by atoms with van der Waals surface area (Å²) in [4.78, 5) is 24.2. The second kappa shape index (κ2) is 5.97. The minimum absolute atomic E-state index is 0.191. The highest BCUT2D eigenvalue weighted by Crippen LogP contribution is 2.40. The van der Waals surface area contributed by atoms with Gasteiger partial charge in [-0.15, -0.1) is 0 Å². The maximum Gasteiger partial charge on any atom is 0.270 e. The molecule has 6 heteroatoms. The van der Waals surface area contributed by atoms with Crippen molar-refractivity contribution in [2.45, 2.75) is 31.7 Å². The van der Waals surface area contributed by atoms with E-state index in [1.807, 2.05) is 6.20 Å². The van der Waals surface area contributed by atoms with Gasteiger partial charge in [0.2, 0.25) is 0 Å². The first kappa shape index (κ1) is 15.8. The van der Waals surface area contributed by atoms with Gasteiger partial charge in [0.25, 0.3) is 5.91 Å². The first-order chi connectivity index (χ1) is 12.1. The van der Waals surface area contributed by atoms with E-state index in [2.05, 4.69) is 45.4 Å². The molecule has 25 heavy (non-hydrogen) atoms. The Hall–Kier alpha value is -2.73. The van der Waals surface area contributed by atoms with Crippen LogP contribution in [-0.2, 0) is 12.0 Å². The first-order valence-corrected chi connectivity index (χ1v) is 8.53. The molecule has 0 saturated heterocycles. The first-order valence-electron chi connectivity index (χ1n) is 8.53. The number of hydrogen-bond acceptors (Lipinski definition) is 4. The third kappa shape index (κ3) is 3.00. The molecule has 2 aromatic heterocycles. The number of aromatic nitrogens is 3. The highest BCUT2D eigenvalue weighted by molar-refractivity contribution is 5.92. The van der Waals surface area contributed by atoms with Gasteiger partial charge in [0.05, 0.1) is 5.54 Å². The molecule has 6 nitrogen and oxygen atoms in total. The molecule has 1 aliphatic rings. The number of amides is 1. The van der Waals surface area contributed by atoms with Crippen LogP contribution in [0.5, 0.6) is 0 Å². The van der Waals surface area contributed by atoms with E-state index < -0.39 is 5.54 Å². The summed E-state index contributed by atoms with van der Waals surface area (Å²) in [5.74, 6) is 0.371. The van der Waals surface area contributed by atoms with Gasteiger partial charge in [-0.3, -0.25) is 4.79 Å². The number of nitrogens with two attached hydrogens (primary N) is 1. The number of aryl methyl sites for hydroxylation is 1. The van der Waals surface area contributed by atoms with Crippen molar-refractivity contribution in [3.05, 3.63) is 59.3 Å². The molecule has 0 unspecified atom stereocenters. The van der Waals surface area contributed by atoms with Crippen LogP contribution in [0.15, 0.2) is 36.7 Å². The van der Waals surface area contributed by atoms with Crippen molar-refractivity contribution in [3.8, 4) is 0 Å². The fraction of sp³-hybridized carbons (Fsp3) is 0.316. The zero-order chi connectivity index (χ0) is 17.4. The van der Waals surface area contributed by atoms with Crippen LogP contribution in [0.1, 0.15) is 40.3 Å². The van der Waals surface area contributed by atoms with Crippen molar-refractivity contribution < 1.29 is 4.79 Å². The molecule has 0 spiro atoms. The van der Waals surface area contributed by atoms with Crippen LogP contribution in [0.3, 0.4) is 0 Å². The minimum Gasteiger partial charge on any atom is -0.361 e. The predicted octanol–water partition coefficient (Wildman–Crippen LogP) is 2.19. The Balaban J connectivity index is 1.41. The van der Waals surface area contributed by atoms with Crippen molar-refractivity contribution in [2.75, 3.05) is 6.54 Å². The molecular weight excluding hydrogens is 314 g/mol. The molecule has 4 N–H and O–H groups in total. The van der Waals surface area contributed by atoms with E-state index in [1.54, 1.807) is 12.3 Å². The standard InChI is InChI=1S/C19H21N5O/c1-12-3-2-4-14-13(11-23-16(12)14)5-9-21-17(25)15-6-10-22-18(24-15)19(20)7-8-19/h2-4,6,10-11,23H,5,7-9,20H2,1H3,(H,21,25). The third-order valence-electron chi connectivity index (χ3n) is 4.81. The van der Waals surface area contributed by atoms with Crippen molar-refractivity contribution in [2.24, 2.45) is 5.73 Å². The highest BCUT2D eigenvalue weighted by atomic mass is 16.1. The molecule has 0 aliphatic heterocycles. The summed E-state index contributed by atoms with van der Waals surface area (Å²) < 4.78 is 0. The third-order valence-corrected chi connectivity index (χ3v) is 4.81. The zero-order valence-electron chi connectivity index (χ0n) is 14.2. The van der Waals surface area contributed by atoms with Gasteiger partial charge >= 0.3 is 0 Å². The van der Waals surface area contributed by atoms with E-state index in [-0.39, 0.29) is 5.91 Å². The van der Waals surface area contributed by atoms with E-state index in [4.69, 9.17) is 5.73 Å². The van der Waals surface area contributed by atoms with E-state index in [9.17, 15) is 4.79 Å². The molecule has 0 atom stereocenters. The molecule has 0 bridgehead atoms. The number of H-pyrrole nitrogens is 1. The lowest BCUT2D eigenvalue weighted by Gasteiger charge is -2.09. The molecule has 1 aliphatic carbocycles. The smallest absolute Gasteiger partial charge is 0.270 e. The molecule has 1 amide bonds. The Bertz CT molecular complexity index is 942. The largest absolute Gasteiger partial charge is 0.361 e. The molecule has 1 saturated carbocycles.